The van der Waals surface area contributed by atoms with Crippen LogP contribution in [0.1, 0.15) is 12.0 Å². The SMILES string of the molecule is O=C(O)CC(F)(F)c1c(Cl)ncnc1Cl. The number of carboxylic acid groups (broad SMARTS) is 1. The maximum absolute atomic E-state index is 13.3. The van der Waals surface area contributed by atoms with Gasteiger partial charge >= 0.3 is 5.97 Å². The number of rotatable bonds is 3. The second-order valence-corrected chi connectivity index (χ2v) is 3.32. The van der Waals surface area contributed by atoms with E-state index < -0.39 is 34.2 Å². The standard InChI is InChI=1S/C7H4Cl2F2N2O2/c8-5-4(6(9)13-2-12-5)7(10,11)1-3(14)15/h2H,1H2,(H,14,15). The Kier molecular flexibility index (Phi) is 3.41. The van der Waals surface area contributed by atoms with E-state index in [0.29, 0.717) is 0 Å². The first kappa shape index (κ1) is 12.1. The number of hydrogen-bond acceptors (Lipinski definition) is 3. The zero-order valence-corrected chi connectivity index (χ0v) is 8.56. The van der Waals surface area contributed by atoms with Crippen molar-refractivity contribution in [2.75, 3.05) is 0 Å². The van der Waals surface area contributed by atoms with Crippen molar-refractivity contribution in [2.45, 2.75) is 12.3 Å². The molecule has 1 N–H and O–H groups in total. The lowest BCUT2D eigenvalue weighted by Gasteiger charge is -2.15. The summed E-state index contributed by atoms with van der Waals surface area (Å²) in [7, 11) is 0. The molecule has 0 spiro atoms. The Morgan fingerprint density at radius 3 is 2.27 bits per heavy atom. The van der Waals surface area contributed by atoms with E-state index in [-0.39, 0.29) is 0 Å². The predicted molar refractivity (Wildman–Crippen MR) is 48.2 cm³/mol. The summed E-state index contributed by atoms with van der Waals surface area (Å²) in [4.78, 5) is 16.8. The molecule has 0 unspecified atom stereocenters. The van der Waals surface area contributed by atoms with Gasteiger partial charge in [-0.15, -0.1) is 0 Å². The van der Waals surface area contributed by atoms with Crippen LogP contribution in [0.5, 0.6) is 0 Å². The number of carbonyl (C=O) groups is 1. The van der Waals surface area contributed by atoms with Crippen LogP contribution in [0, 0.1) is 0 Å². The van der Waals surface area contributed by atoms with Crippen molar-refractivity contribution < 1.29 is 18.7 Å². The summed E-state index contributed by atoms with van der Waals surface area (Å²) in [5.74, 6) is -5.36. The molecule has 0 radical (unpaired) electrons. The Labute approximate surface area is 92.9 Å². The first-order valence-electron chi connectivity index (χ1n) is 3.60. The van der Waals surface area contributed by atoms with Crippen molar-refractivity contribution in [1.82, 2.24) is 9.97 Å². The second-order valence-electron chi connectivity index (χ2n) is 2.61. The van der Waals surface area contributed by atoms with Gasteiger partial charge in [0.25, 0.3) is 5.92 Å². The molecule has 0 saturated carbocycles. The summed E-state index contributed by atoms with van der Waals surface area (Å²) in [6, 6.07) is 0. The van der Waals surface area contributed by atoms with E-state index in [9.17, 15) is 13.6 Å². The zero-order chi connectivity index (χ0) is 11.6. The van der Waals surface area contributed by atoms with Crippen LogP contribution in [-0.4, -0.2) is 21.0 Å². The molecule has 0 aliphatic carbocycles. The predicted octanol–water partition coefficient (Wildman–Crippen LogP) is 2.35. The van der Waals surface area contributed by atoms with Crippen molar-refractivity contribution in [3.63, 3.8) is 0 Å². The van der Waals surface area contributed by atoms with Crippen LogP contribution in [0.15, 0.2) is 6.33 Å². The molecule has 1 aromatic heterocycles. The molecule has 15 heavy (non-hydrogen) atoms. The van der Waals surface area contributed by atoms with Gasteiger partial charge in [-0.1, -0.05) is 23.2 Å². The molecule has 0 aliphatic heterocycles. The average Bonchev–Trinajstić information content (AvgIpc) is 1.99. The van der Waals surface area contributed by atoms with Crippen LogP contribution in [-0.2, 0) is 10.7 Å². The van der Waals surface area contributed by atoms with Gasteiger partial charge in [-0.25, -0.2) is 18.7 Å². The van der Waals surface area contributed by atoms with Gasteiger partial charge < -0.3 is 5.11 Å². The lowest BCUT2D eigenvalue weighted by molar-refractivity contribution is -0.145. The van der Waals surface area contributed by atoms with Crippen molar-refractivity contribution in [3.05, 3.63) is 22.2 Å². The highest BCUT2D eigenvalue weighted by atomic mass is 35.5. The quantitative estimate of drug-likeness (QED) is 0.844. The fraction of sp³-hybridized carbons (Fsp3) is 0.286. The van der Waals surface area contributed by atoms with E-state index in [2.05, 4.69) is 9.97 Å². The molecule has 1 aromatic rings. The molecular weight excluding hydrogens is 253 g/mol. The number of nitrogens with zero attached hydrogens (tertiary/aromatic N) is 2. The lowest BCUT2D eigenvalue weighted by atomic mass is 10.1. The monoisotopic (exact) mass is 256 g/mol. The number of alkyl halides is 2. The highest BCUT2D eigenvalue weighted by Gasteiger charge is 2.39. The highest BCUT2D eigenvalue weighted by Crippen LogP contribution is 2.38. The molecule has 0 aromatic carbocycles. The van der Waals surface area contributed by atoms with Gasteiger partial charge in [0.05, 0.1) is 5.56 Å². The largest absolute Gasteiger partial charge is 0.481 e. The Bertz CT molecular complexity index is 380. The summed E-state index contributed by atoms with van der Waals surface area (Å²) in [6.07, 6.45) is -0.509. The molecule has 0 amide bonds. The number of halogens is 4. The topological polar surface area (TPSA) is 63.1 Å². The van der Waals surface area contributed by atoms with Crippen LogP contribution < -0.4 is 0 Å². The molecule has 1 heterocycles. The van der Waals surface area contributed by atoms with Crippen LogP contribution in [0.2, 0.25) is 10.3 Å². The summed E-state index contributed by atoms with van der Waals surface area (Å²) in [5, 5.41) is 7.18. The third kappa shape index (κ3) is 2.73. The van der Waals surface area contributed by atoms with Gasteiger partial charge in [0, 0.05) is 0 Å². The van der Waals surface area contributed by atoms with Crippen molar-refractivity contribution in [1.29, 1.82) is 0 Å². The smallest absolute Gasteiger partial charge is 0.309 e. The molecule has 0 bridgehead atoms. The molecule has 0 aliphatic rings. The summed E-state index contributed by atoms with van der Waals surface area (Å²) in [5.41, 5.74) is -0.865. The summed E-state index contributed by atoms with van der Waals surface area (Å²) >= 11 is 10.8. The Morgan fingerprint density at radius 1 is 1.40 bits per heavy atom. The lowest BCUT2D eigenvalue weighted by Crippen LogP contribution is -2.20. The Balaban J connectivity index is 3.19. The number of aliphatic carboxylic acids is 1. The molecule has 8 heteroatoms. The number of hydrogen-bond donors (Lipinski definition) is 1. The summed E-state index contributed by atoms with van der Waals surface area (Å²) < 4.78 is 26.6. The van der Waals surface area contributed by atoms with E-state index in [1.165, 1.54) is 0 Å². The fourth-order valence-corrected chi connectivity index (χ4v) is 1.52. The van der Waals surface area contributed by atoms with Crippen LogP contribution in [0.4, 0.5) is 8.78 Å². The van der Waals surface area contributed by atoms with Crippen LogP contribution in [0.25, 0.3) is 0 Å². The van der Waals surface area contributed by atoms with Gasteiger partial charge in [0.2, 0.25) is 0 Å². The van der Waals surface area contributed by atoms with Gasteiger partial charge in [-0.3, -0.25) is 4.79 Å². The Hall–Kier alpha value is -1.01. The zero-order valence-electron chi connectivity index (χ0n) is 7.05. The van der Waals surface area contributed by atoms with Crippen molar-refractivity contribution in [3.8, 4) is 0 Å². The first-order valence-corrected chi connectivity index (χ1v) is 4.36. The van der Waals surface area contributed by atoms with E-state index in [4.69, 9.17) is 28.3 Å². The van der Waals surface area contributed by atoms with Gasteiger partial charge in [-0.05, 0) is 0 Å². The van der Waals surface area contributed by atoms with E-state index in [1.54, 1.807) is 0 Å². The normalized spacial score (nSPS) is 11.5. The summed E-state index contributed by atoms with van der Waals surface area (Å²) in [6.45, 7) is 0. The maximum Gasteiger partial charge on any atom is 0.309 e. The van der Waals surface area contributed by atoms with Gasteiger partial charge in [0.15, 0.2) is 0 Å². The third-order valence-corrected chi connectivity index (χ3v) is 2.07. The molecule has 0 atom stereocenters. The fourth-order valence-electron chi connectivity index (χ4n) is 0.925. The number of carboxylic acids is 1. The molecule has 0 saturated heterocycles. The van der Waals surface area contributed by atoms with E-state index in [0.717, 1.165) is 6.33 Å². The minimum absolute atomic E-state index is 0.554. The first-order chi connectivity index (χ1) is 6.84. The number of aromatic nitrogens is 2. The van der Waals surface area contributed by atoms with Gasteiger partial charge in [0.1, 0.15) is 23.1 Å². The van der Waals surface area contributed by atoms with Crippen LogP contribution in [0.3, 0.4) is 0 Å². The third-order valence-electron chi connectivity index (χ3n) is 1.49. The molecule has 1 rings (SSSR count). The molecule has 4 nitrogen and oxygen atoms in total. The van der Waals surface area contributed by atoms with Crippen molar-refractivity contribution in [2.24, 2.45) is 0 Å². The maximum atomic E-state index is 13.3. The highest BCUT2D eigenvalue weighted by molar-refractivity contribution is 6.34. The Morgan fingerprint density at radius 2 is 1.87 bits per heavy atom. The molecular formula is C7H4Cl2F2N2O2. The molecule has 0 fully saturated rings. The second kappa shape index (κ2) is 4.24. The van der Waals surface area contributed by atoms with Crippen LogP contribution >= 0.6 is 23.2 Å². The van der Waals surface area contributed by atoms with Gasteiger partial charge in [-0.2, -0.15) is 0 Å². The minimum atomic E-state index is -3.69. The van der Waals surface area contributed by atoms with Crippen molar-refractivity contribution >= 4 is 29.2 Å². The van der Waals surface area contributed by atoms with E-state index in [1.807, 2.05) is 0 Å². The average molecular weight is 257 g/mol. The minimum Gasteiger partial charge on any atom is -0.481 e. The molecule has 82 valence electrons. The van der Waals surface area contributed by atoms with E-state index >= 15 is 0 Å².